The second-order valence-electron chi connectivity index (χ2n) is 11.3. The van der Waals surface area contributed by atoms with Crippen LogP contribution in [-0.2, 0) is 17.4 Å². The number of phenols is 1. The molecule has 0 aliphatic carbocycles. The topological polar surface area (TPSA) is 32.3 Å². The normalized spacial score (nSPS) is 13.2. The summed E-state index contributed by atoms with van der Waals surface area (Å²) in [6.07, 6.45) is 4.39. The van der Waals surface area contributed by atoms with Crippen molar-refractivity contribution in [2.45, 2.75) is 72.8 Å². The van der Waals surface area contributed by atoms with Crippen molar-refractivity contribution < 1.29 is 5.11 Å². The zero-order chi connectivity index (χ0) is 26.5. The van der Waals surface area contributed by atoms with E-state index in [0.717, 1.165) is 16.8 Å². The molecule has 0 aliphatic heterocycles. The number of benzene rings is 3. The van der Waals surface area contributed by atoms with Crippen molar-refractivity contribution in [2.75, 3.05) is 0 Å². The molecule has 0 spiro atoms. The van der Waals surface area contributed by atoms with Crippen LogP contribution in [0.15, 0.2) is 96.0 Å². The van der Waals surface area contributed by atoms with Crippen LogP contribution in [0, 0.1) is 0 Å². The van der Waals surface area contributed by atoms with Gasteiger partial charge in [0.05, 0.1) is 0 Å². The lowest BCUT2D eigenvalue weighted by Crippen LogP contribution is -2.22. The van der Waals surface area contributed by atoms with Crippen LogP contribution in [0.4, 0.5) is 0 Å². The first-order chi connectivity index (χ1) is 17.0. The molecule has 36 heavy (non-hydrogen) atoms. The van der Waals surface area contributed by atoms with Gasteiger partial charge in [-0.05, 0) is 60.4 Å². The SMILES string of the molecule is C/C=C(NCc1cc(C(C)(C)C)cc(C(C)(C)C)c1O)\C(=C/C)P(c1ccccc1)c1ccccc1. The smallest absolute Gasteiger partial charge is 0.124 e. The van der Waals surface area contributed by atoms with E-state index < -0.39 is 7.92 Å². The van der Waals surface area contributed by atoms with Crippen molar-refractivity contribution >= 4 is 18.5 Å². The van der Waals surface area contributed by atoms with Crippen LogP contribution in [0.5, 0.6) is 5.75 Å². The van der Waals surface area contributed by atoms with Crippen LogP contribution in [-0.4, -0.2) is 5.11 Å². The number of allylic oxidation sites excluding steroid dienone is 3. The van der Waals surface area contributed by atoms with Gasteiger partial charge in [-0.25, -0.2) is 0 Å². The second-order valence-corrected chi connectivity index (χ2v) is 13.5. The highest BCUT2D eigenvalue weighted by Crippen LogP contribution is 2.46. The fourth-order valence-electron chi connectivity index (χ4n) is 4.35. The summed E-state index contributed by atoms with van der Waals surface area (Å²) in [6, 6.07) is 25.9. The fourth-order valence-corrected chi connectivity index (χ4v) is 6.85. The lowest BCUT2D eigenvalue weighted by molar-refractivity contribution is 0.436. The molecule has 0 aromatic heterocycles. The Morgan fingerprint density at radius 2 is 1.31 bits per heavy atom. The van der Waals surface area contributed by atoms with Crippen LogP contribution in [0.1, 0.15) is 72.1 Å². The maximum atomic E-state index is 11.3. The molecule has 3 aromatic carbocycles. The minimum atomic E-state index is -0.729. The summed E-state index contributed by atoms with van der Waals surface area (Å²) in [7, 11) is -0.729. The first-order valence-electron chi connectivity index (χ1n) is 12.8. The monoisotopic (exact) mass is 499 g/mol. The van der Waals surface area contributed by atoms with Gasteiger partial charge in [0.25, 0.3) is 0 Å². The predicted octanol–water partition coefficient (Wildman–Crippen LogP) is 8.02. The molecule has 3 aromatic rings. The second kappa shape index (κ2) is 11.5. The Morgan fingerprint density at radius 1 is 0.778 bits per heavy atom. The zero-order valence-electron chi connectivity index (χ0n) is 23.2. The van der Waals surface area contributed by atoms with Crippen LogP contribution < -0.4 is 15.9 Å². The molecule has 0 aliphatic rings. The molecule has 0 atom stereocenters. The third kappa shape index (κ3) is 6.48. The Labute approximate surface area is 219 Å². The Hall–Kier alpha value is -2.83. The zero-order valence-corrected chi connectivity index (χ0v) is 24.1. The Kier molecular flexibility index (Phi) is 8.85. The van der Waals surface area contributed by atoms with Gasteiger partial charge in [0, 0.05) is 23.1 Å². The lowest BCUT2D eigenvalue weighted by atomic mass is 9.79. The number of phenolic OH excluding ortho intramolecular Hbond substituents is 1. The standard InChI is InChI=1S/C33H42NOP/c1-9-29(30(10-2)36(26-17-13-11-14-18-26)27-19-15-12-16-20-27)34-23-24-21-25(32(3,4)5)22-28(31(24)35)33(6,7)8/h9-22,34-35H,23H2,1-8H3/b29-9+,30-10+. The van der Waals surface area contributed by atoms with E-state index in [1.54, 1.807) is 0 Å². The van der Waals surface area contributed by atoms with E-state index in [1.807, 2.05) is 0 Å². The summed E-state index contributed by atoms with van der Waals surface area (Å²) in [5.41, 5.74) is 4.13. The molecule has 0 fully saturated rings. The van der Waals surface area contributed by atoms with Crippen molar-refractivity contribution in [3.63, 3.8) is 0 Å². The number of aromatic hydroxyl groups is 1. The third-order valence-corrected chi connectivity index (χ3v) is 9.05. The van der Waals surface area contributed by atoms with E-state index in [0.29, 0.717) is 12.3 Å². The molecule has 3 heteroatoms. The van der Waals surface area contributed by atoms with E-state index in [4.69, 9.17) is 0 Å². The lowest BCUT2D eigenvalue weighted by Gasteiger charge is -2.28. The highest BCUT2D eigenvalue weighted by atomic mass is 31.1. The molecular formula is C33H42NOP. The van der Waals surface area contributed by atoms with Crippen molar-refractivity contribution in [1.82, 2.24) is 5.32 Å². The van der Waals surface area contributed by atoms with E-state index in [2.05, 4.69) is 146 Å². The van der Waals surface area contributed by atoms with E-state index in [1.165, 1.54) is 21.5 Å². The van der Waals surface area contributed by atoms with Crippen molar-refractivity contribution in [2.24, 2.45) is 0 Å². The maximum Gasteiger partial charge on any atom is 0.124 e. The first kappa shape index (κ1) is 27.8. The molecule has 0 saturated heterocycles. The van der Waals surface area contributed by atoms with Gasteiger partial charge in [0.2, 0.25) is 0 Å². The number of hydrogen-bond donors (Lipinski definition) is 2. The largest absolute Gasteiger partial charge is 0.507 e. The van der Waals surface area contributed by atoms with Crippen molar-refractivity contribution in [3.05, 3.63) is 113 Å². The van der Waals surface area contributed by atoms with Gasteiger partial charge < -0.3 is 10.4 Å². The molecule has 3 rings (SSSR count). The highest BCUT2D eigenvalue weighted by molar-refractivity contribution is 7.77. The average Bonchev–Trinajstić information content (AvgIpc) is 2.84. The molecule has 0 unspecified atom stereocenters. The molecular weight excluding hydrogens is 457 g/mol. The molecule has 0 radical (unpaired) electrons. The van der Waals surface area contributed by atoms with E-state index in [9.17, 15) is 5.11 Å². The van der Waals surface area contributed by atoms with Crippen LogP contribution in [0.3, 0.4) is 0 Å². The van der Waals surface area contributed by atoms with Gasteiger partial charge in [-0.2, -0.15) is 0 Å². The Morgan fingerprint density at radius 3 is 1.72 bits per heavy atom. The van der Waals surface area contributed by atoms with Gasteiger partial charge in [0.15, 0.2) is 0 Å². The first-order valence-corrected chi connectivity index (χ1v) is 14.2. The summed E-state index contributed by atoms with van der Waals surface area (Å²) in [6.45, 7) is 17.9. The summed E-state index contributed by atoms with van der Waals surface area (Å²) in [5, 5.41) is 18.9. The minimum Gasteiger partial charge on any atom is -0.507 e. The summed E-state index contributed by atoms with van der Waals surface area (Å²) >= 11 is 0. The van der Waals surface area contributed by atoms with Gasteiger partial charge in [-0.3, -0.25) is 0 Å². The van der Waals surface area contributed by atoms with Gasteiger partial charge >= 0.3 is 0 Å². The van der Waals surface area contributed by atoms with Crippen molar-refractivity contribution in [3.8, 4) is 5.75 Å². The summed E-state index contributed by atoms with van der Waals surface area (Å²) in [5.74, 6) is 0.397. The quantitative estimate of drug-likeness (QED) is 0.255. The average molecular weight is 500 g/mol. The van der Waals surface area contributed by atoms with Gasteiger partial charge in [-0.1, -0.05) is 120 Å². The molecule has 2 nitrogen and oxygen atoms in total. The Bertz CT molecular complexity index is 1170. The fraction of sp³-hybridized carbons (Fsp3) is 0.333. The van der Waals surface area contributed by atoms with Crippen LogP contribution in [0.2, 0.25) is 0 Å². The van der Waals surface area contributed by atoms with E-state index >= 15 is 0 Å². The molecule has 0 saturated carbocycles. The van der Waals surface area contributed by atoms with Gasteiger partial charge in [0.1, 0.15) is 5.75 Å². The molecule has 0 heterocycles. The highest BCUT2D eigenvalue weighted by Gasteiger charge is 2.26. The maximum absolute atomic E-state index is 11.3. The molecule has 2 N–H and O–H groups in total. The van der Waals surface area contributed by atoms with Crippen LogP contribution >= 0.6 is 7.92 Å². The molecule has 0 bridgehead atoms. The number of hydrogen-bond acceptors (Lipinski definition) is 2. The van der Waals surface area contributed by atoms with Crippen molar-refractivity contribution in [1.29, 1.82) is 0 Å². The minimum absolute atomic E-state index is 0.00466. The number of rotatable bonds is 7. The van der Waals surface area contributed by atoms with Crippen LogP contribution in [0.25, 0.3) is 0 Å². The third-order valence-electron chi connectivity index (χ3n) is 6.44. The van der Waals surface area contributed by atoms with Gasteiger partial charge in [-0.15, -0.1) is 0 Å². The number of nitrogens with one attached hydrogen (secondary N) is 1. The Balaban J connectivity index is 2.01. The summed E-state index contributed by atoms with van der Waals surface area (Å²) < 4.78 is 0. The summed E-state index contributed by atoms with van der Waals surface area (Å²) in [4.78, 5) is 0. The molecule has 0 amide bonds. The molecule has 190 valence electrons. The predicted molar refractivity (Wildman–Crippen MR) is 159 cm³/mol. The van der Waals surface area contributed by atoms with E-state index in [-0.39, 0.29) is 10.8 Å².